The van der Waals surface area contributed by atoms with E-state index in [-0.39, 0.29) is 6.04 Å². The van der Waals surface area contributed by atoms with Crippen LogP contribution in [0.15, 0.2) is 24.3 Å². The Hall–Kier alpha value is -0.470. The summed E-state index contributed by atoms with van der Waals surface area (Å²) in [7, 11) is 0. The average molecular weight is 289 g/mol. The molecule has 2 fully saturated rings. The SMILES string of the molecule is NC(CSC1CCCCC1)c1ccccc1C1CCC1. The van der Waals surface area contributed by atoms with Crippen LogP contribution in [-0.2, 0) is 0 Å². The van der Waals surface area contributed by atoms with Gasteiger partial charge in [0.1, 0.15) is 0 Å². The summed E-state index contributed by atoms with van der Waals surface area (Å²) in [6.07, 6.45) is 11.2. The maximum Gasteiger partial charge on any atom is 0.0389 e. The van der Waals surface area contributed by atoms with E-state index < -0.39 is 0 Å². The highest BCUT2D eigenvalue weighted by atomic mass is 32.2. The molecule has 0 saturated heterocycles. The molecule has 3 rings (SSSR count). The first-order chi connectivity index (χ1) is 9.84. The van der Waals surface area contributed by atoms with Gasteiger partial charge in [0.25, 0.3) is 0 Å². The Morgan fingerprint density at radius 3 is 2.45 bits per heavy atom. The largest absolute Gasteiger partial charge is 0.323 e. The molecule has 2 heteroatoms. The van der Waals surface area contributed by atoms with Crippen LogP contribution in [0.2, 0.25) is 0 Å². The zero-order valence-corrected chi connectivity index (χ0v) is 13.2. The van der Waals surface area contributed by atoms with Crippen molar-refractivity contribution >= 4 is 11.8 Å². The monoisotopic (exact) mass is 289 g/mol. The molecule has 0 aliphatic heterocycles. The lowest BCUT2D eigenvalue weighted by Gasteiger charge is -2.30. The molecule has 20 heavy (non-hydrogen) atoms. The third kappa shape index (κ3) is 3.40. The summed E-state index contributed by atoms with van der Waals surface area (Å²) >= 11 is 2.12. The first-order valence-electron chi connectivity index (χ1n) is 8.30. The standard InChI is InChI=1S/C18H27NS/c19-18(13-20-15-9-2-1-3-10-15)17-12-5-4-11-16(17)14-7-6-8-14/h4-5,11-12,14-15,18H,1-3,6-10,13,19H2. The molecule has 0 aromatic heterocycles. The summed E-state index contributed by atoms with van der Waals surface area (Å²) in [5.41, 5.74) is 9.46. The van der Waals surface area contributed by atoms with Crippen LogP contribution >= 0.6 is 11.8 Å². The van der Waals surface area contributed by atoms with E-state index in [2.05, 4.69) is 36.0 Å². The minimum absolute atomic E-state index is 0.221. The summed E-state index contributed by atoms with van der Waals surface area (Å²) < 4.78 is 0. The van der Waals surface area contributed by atoms with Crippen LogP contribution in [0.3, 0.4) is 0 Å². The van der Waals surface area contributed by atoms with Crippen LogP contribution in [-0.4, -0.2) is 11.0 Å². The van der Waals surface area contributed by atoms with Crippen LogP contribution in [0.4, 0.5) is 0 Å². The third-order valence-corrected chi connectivity index (χ3v) is 6.50. The Morgan fingerprint density at radius 1 is 1.00 bits per heavy atom. The number of thioether (sulfide) groups is 1. The lowest BCUT2D eigenvalue weighted by atomic mass is 9.77. The zero-order chi connectivity index (χ0) is 13.8. The normalized spacial score (nSPS) is 22.4. The van der Waals surface area contributed by atoms with Gasteiger partial charge in [-0.2, -0.15) is 11.8 Å². The Kier molecular flexibility index (Phi) is 5.06. The van der Waals surface area contributed by atoms with Crippen molar-refractivity contribution in [3.05, 3.63) is 35.4 Å². The average Bonchev–Trinajstić information content (AvgIpc) is 2.45. The van der Waals surface area contributed by atoms with Crippen molar-refractivity contribution in [1.82, 2.24) is 0 Å². The van der Waals surface area contributed by atoms with Crippen molar-refractivity contribution in [1.29, 1.82) is 0 Å². The second-order valence-electron chi connectivity index (χ2n) is 6.46. The van der Waals surface area contributed by atoms with Crippen LogP contribution in [0.25, 0.3) is 0 Å². The van der Waals surface area contributed by atoms with Gasteiger partial charge in [-0.05, 0) is 42.7 Å². The summed E-state index contributed by atoms with van der Waals surface area (Å²) in [6.45, 7) is 0. The van der Waals surface area contributed by atoms with Crippen molar-refractivity contribution in [3.63, 3.8) is 0 Å². The second-order valence-corrected chi connectivity index (χ2v) is 7.79. The van der Waals surface area contributed by atoms with E-state index in [4.69, 9.17) is 5.73 Å². The predicted molar refractivity (Wildman–Crippen MR) is 89.3 cm³/mol. The Bertz CT molecular complexity index is 421. The molecule has 0 radical (unpaired) electrons. The van der Waals surface area contributed by atoms with Crippen LogP contribution in [0, 0.1) is 0 Å². The van der Waals surface area contributed by atoms with Crippen LogP contribution in [0.5, 0.6) is 0 Å². The van der Waals surface area contributed by atoms with Crippen LogP contribution < -0.4 is 5.73 Å². The molecule has 0 amide bonds. The van der Waals surface area contributed by atoms with E-state index in [1.165, 1.54) is 62.5 Å². The highest BCUT2D eigenvalue weighted by Crippen LogP contribution is 2.40. The quantitative estimate of drug-likeness (QED) is 0.823. The van der Waals surface area contributed by atoms with Gasteiger partial charge in [0.15, 0.2) is 0 Å². The van der Waals surface area contributed by atoms with Gasteiger partial charge in [-0.15, -0.1) is 0 Å². The Labute approximate surface area is 127 Å². The van der Waals surface area contributed by atoms with Crippen molar-refractivity contribution in [2.45, 2.75) is 68.6 Å². The molecule has 1 nitrogen and oxygen atoms in total. The van der Waals surface area contributed by atoms with Gasteiger partial charge < -0.3 is 5.73 Å². The molecule has 2 aliphatic carbocycles. The van der Waals surface area contributed by atoms with E-state index >= 15 is 0 Å². The smallest absolute Gasteiger partial charge is 0.0389 e. The molecule has 1 aromatic carbocycles. The maximum absolute atomic E-state index is 6.51. The van der Waals surface area contributed by atoms with Gasteiger partial charge in [0.2, 0.25) is 0 Å². The highest BCUT2D eigenvalue weighted by Gasteiger charge is 2.24. The van der Waals surface area contributed by atoms with E-state index in [0.29, 0.717) is 0 Å². The van der Waals surface area contributed by atoms with Crippen molar-refractivity contribution in [2.75, 3.05) is 5.75 Å². The molecule has 0 bridgehead atoms. The van der Waals surface area contributed by atoms with Gasteiger partial charge >= 0.3 is 0 Å². The fraction of sp³-hybridized carbons (Fsp3) is 0.667. The Morgan fingerprint density at radius 2 is 1.75 bits per heavy atom. The van der Waals surface area contributed by atoms with E-state index in [9.17, 15) is 0 Å². The number of nitrogens with two attached hydrogens (primary N) is 1. The van der Waals surface area contributed by atoms with Crippen molar-refractivity contribution < 1.29 is 0 Å². The first-order valence-corrected chi connectivity index (χ1v) is 9.35. The molecule has 1 atom stereocenters. The number of benzene rings is 1. The highest BCUT2D eigenvalue weighted by molar-refractivity contribution is 7.99. The molecule has 2 aliphatic rings. The van der Waals surface area contributed by atoms with Crippen molar-refractivity contribution in [2.24, 2.45) is 5.73 Å². The summed E-state index contributed by atoms with van der Waals surface area (Å²) in [6, 6.07) is 9.13. The van der Waals surface area contributed by atoms with Crippen LogP contribution in [0.1, 0.15) is 74.5 Å². The number of hydrogen-bond donors (Lipinski definition) is 1. The Balaban J connectivity index is 1.59. The lowest BCUT2D eigenvalue weighted by molar-refractivity contribution is 0.416. The van der Waals surface area contributed by atoms with E-state index in [1.54, 1.807) is 0 Å². The zero-order valence-electron chi connectivity index (χ0n) is 12.4. The molecule has 110 valence electrons. The minimum Gasteiger partial charge on any atom is -0.323 e. The van der Waals surface area contributed by atoms with Gasteiger partial charge in [-0.1, -0.05) is 49.9 Å². The molecule has 0 heterocycles. The maximum atomic E-state index is 6.51. The minimum atomic E-state index is 0.221. The third-order valence-electron chi connectivity index (χ3n) is 5.00. The topological polar surface area (TPSA) is 26.0 Å². The fourth-order valence-electron chi connectivity index (χ4n) is 3.50. The van der Waals surface area contributed by atoms with E-state index in [1.807, 2.05) is 0 Å². The molecule has 1 unspecified atom stereocenters. The predicted octanol–water partition coefficient (Wildman–Crippen LogP) is 5.02. The second kappa shape index (κ2) is 7.00. The molecular weight excluding hydrogens is 262 g/mol. The summed E-state index contributed by atoms with van der Waals surface area (Å²) in [5.74, 6) is 1.88. The van der Waals surface area contributed by atoms with E-state index in [0.717, 1.165) is 16.9 Å². The number of rotatable bonds is 5. The summed E-state index contributed by atoms with van der Waals surface area (Å²) in [5, 5.41) is 0.866. The van der Waals surface area contributed by atoms with Gasteiger partial charge in [-0.3, -0.25) is 0 Å². The number of hydrogen-bond acceptors (Lipinski definition) is 2. The fourth-order valence-corrected chi connectivity index (χ4v) is 4.83. The summed E-state index contributed by atoms with van der Waals surface area (Å²) in [4.78, 5) is 0. The first kappa shape index (κ1) is 14.5. The van der Waals surface area contributed by atoms with Gasteiger partial charge in [-0.25, -0.2) is 0 Å². The molecule has 2 N–H and O–H groups in total. The molecule has 2 saturated carbocycles. The van der Waals surface area contributed by atoms with Crippen molar-refractivity contribution in [3.8, 4) is 0 Å². The molecule has 0 spiro atoms. The molecular formula is C18H27NS. The van der Waals surface area contributed by atoms with Gasteiger partial charge in [0.05, 0.1) is 0 Å². The van der Waals surface area contributed by atoms with Gasteiger partial charge in [0, 0.05) is 17.0 Å². The molecule has 1 aromatic rings. The lowest BCUT2D eigenvalue weighted by Crippen LogP contribution is -2.20.